The number of hydrogen-bond donors (Lipinski definition) is 3. The van der Waals surface area contributed by atoms with Crippen LogP contribution in [0.25, 0.3) is 0 Å². The Morgan fingerprint density at radius 2 is 1.79 bits per heavy atom. The van der Waals surface area contributed by atoms with Crippen LogP contribution in [0.5, 0.6) is 0 Å². The Hall–Kier alpha value is -2.96. The molecule has 2 amide bonds. The fourth-order valence-corrected chi connectivity index (χ4v) is 2.23. The number of nitrogens with zero attached hydrogens (tertiary/aromatic N) is 2. The van der Waals surface area contributed by atoms with Crippen molar-refractivity contribution in [2.45, 2.75) is 25.8 Å². The van der Waals surface area contributed by atoms with E-state index in [0.29, 0.717) is 12.2 Å². The molecule has 7 heteroatoms. The second-order valence-corrected chi connectivity index (χ2v) is 5.85. The Bertz CT molecular complexity index is 725. The van der Waals surface area contributed by atoms with Gasteiger partial charge in [0.2, 0.25) is 0 Å². The lowest BCUT2D eigenvalue weighted by molar-refractivity contribution is 0.0697. The zero-order chi connectivity index (χ0) is 16.9. The van der Waals surface area contributed by atoms with E-state index in [-0.39, 0.29) is 11.6 Å². The third-order valence-electron chi connectivity index (χ3n) is 3.79. The van der Waals surface area contributed by atoms with E-state index in [9.17, 15) is 9.59 Å². The van der Waals surface area contributed by atoms with Crippen molar-refractivity contribution < 1.29 is 14.7 Å². The van der Waals surface area contributed by atoms with E-state index in [2.05, 4.69) is 20.6 Å². The molecule has 0 saturated heterocycles. The molecule has 1 aromatic heterocycles. The molecule has 124 valence electrons. The third-order valence-corrected chi connectivity index (χ3v) is 3.79. The van der Waals surface area contributed by atoms with E-state index in [1.165, 1.54) is 25.0 Å². The second kappa shape index (κ2) is 7.08. The van der Waals surface area contributed by atoms with Crippen LogP contribution in [0.15, 0.2) is 36.7 Å². The molecule has 0 aliphatic heterocycles. The van der Waals surface area contributed by atoms with Crippen LogP contribution in [0.1, 0.15) is 34.6 Å². The summed E-state index contributed by atoms with van der Waals surface area (Å²) in [6.45, 7) is 0.298. The average molecular weight is 326 g/mol. The highest BCUT2D eigenvalue weighted by Crippen LogP contribution is 2.31. The van der Waals surface area contributed by atoms with E-state index >= 15 is 0 Å². The molecule has 1 heterocycles. The highest BCUT2D eigenvalue weighted by atomic mass is 16.4. The Morgan fingerprint density at radius 1 is 1.12 bits per heavy atom. The largest absolute Gasteiger partial charge is 0.478 e. The molecule has 24 heavy (non-hydrogen) atoms. The van der Waals surface area contributed by atoms with Crippen LogP contribution in [0.2, 0.25) is 0 Å². The predicted octanol–water partition coefficient (Wildman–Crippen LogP) is 2.45. The highest BCUT2D eigenvalue weighted by Gasteiger charge is 2.22. The Balaban J connectivity index is 1.47. The first kappa shape index (κ1) is 15.9. The molecule has 3 rings (SSSR count). The molecule has 2 aromatic rings. The van der Waals surface area contributed by atoms with Crippen LogP contribution >= 0.6 is 0 Å². The fourth-order valence-electron chi connectivity index (χ4n) is 2.23. The van der Waals surface area contributed by atoms with Crippen molar-refractivity contribution in [3.05, 3.63) is 53.6 Å². The smallest absolute Gasteiger partial charge is 0.335 e. The number of benzene rings is 1. The predicted molar refractivity (Wildman–Crippen MR) is 87.7 cm³/mol. The number of aromatic carboxylic acids is 1. The maximum absolute atomic E-state index is 11.9. The van der Waals surface area contributed by atoms with E-state index in [1.807, 2.05) is 0 Å². The van der Waals surface area contributed by atoms with Crippen molar-refractivity contribution in [2.24, 2.45) is 5.92 Å². The van der Waals surface area contributed by atoms with Crippen molar-refractivity contribution in [1.82, 2.24) is 15.3 Å². The zero-order valence-electron chi connectivity index (χ0n) is 13.0. The van der Waals surface area contributed by atoms with Gasteiger partial charge in [0.05, 0.1) is 23.6 Å². The van der Waals surface area contributed by atoms with Gasteiger partial charge in [-0.2, -0.15) is 0 Å². The molecular formula is C17H18N4O3. The first-order valence-corrected chi connectivity index (χ1v) is 7.78. The van der Waals surface area contributed by atoms with Gasteiger partial charge in [0, 0.05) is 13.0 Å². The number of rotatable bonds is 6. The van der Waals surface area contributed by atoms with Gasteiger partial charge in [-0.25, -0.2) is 19.6 Å². The van der Waals surface area contributed by atoms with Crippen LogP contribution in [-0.2, 0) is 13.0 Å². The fraction of sp³-hybridized carbons (Fsp3) is 0.294. The van der Waals surface area contributed by atoms with Crippen LogP contribution < -0.4 is 10.6 Å². The maximum Gasteiger partial charge on any atom is 0.335 e. The number of carbonyl (C=O) groups is 2. The van der Waals surface area contributed by atoms with Gasteiger partial charge in [-0.3, -0.25) is 0 Å². The summed E-state index contributed by atoms with van der Waals surface area (Å²) >= 11 is 0. The molecule has 1 aliphatic carbocycles. The molecule has 7 nitrogen and oxygen atoms in total. The molecule has 0 radical (unpaired) electrons. The van der Waals surface area contributed by atoms with Crippen molar-refractivity contribution >= 4 is 17.7 Å². The average Bonchev–Trinajstić information content (AvgIpc) is 3.39. The minimum atomic E-state index is -0.975. The lowest BCUT2D eigenvalue weighted by Gasteiger charge is -2.08. The highest BCUT2D eigenvalue weighted by molar-refractivity contribution is 5.89. The van der Waals surface area contributed by atoms with E-state index in [4.69, 9.17) is 5.11 Å². The van der Waals surface area contributed by atoms with Gasteiger partial charge >= 0.3 is 12.0 Å². The summed E-state index contributed by atoms with van der Waals surface area (Å²) in [5, 5.41) is 14.2. The number of carbonyl (C=O) groups excluding carboxylic acids is 1. The standard InChI is InChI=1S/C17H18N4O3/c22-16(23)13-5-3-12(4-6-13)8-20-17(24)21-14-9-18-15(19-10-14)7-11-1-2-11/h3-6,9-11H,1-2,7-8H2,(H,22,23)(H2,20,21,24). The molecule has 0 bridgehead atoms. The van der Waals surface area contributed by atoms with Crippen LogP contribution in [0, 0.1) is 5.92 Å². The Labute approximate surface area is 139 Å². The number of hydrogen-bond acceptors (Lipinski definition) is 4. The van der Waals surface area contributed by atoms with Crippen molar-refractivity contribution in [3.63, 3.8) is 0 Å². The molecule has 3 N–H and O–H groups in total. The molecule has 1 saturated carbocycles. The topological polar surface area (TPSA) is 104 Å². The van der Waals surface area contributed by atoms with Crippen molar-refractivity contribution in [3.8, 4) is 0 Å². The van der Waals surface area contributed by atoms with Gasteiger partial charge in [-0.15, -0.1) is 0 Å². The summed E-state index contributed by atoms with van der Waals surface area (Å²) in [6, 6.07) is 5.97. The Kier molecular flexibility index (Phi) is 4.69. The molecule has 1 fully saturated rings. The summed E-state index contributed by atoms with van der Waals surface area (Å²) in [5.74, 6) is 0.555. The van der Waals surface area contributed by atoms with Crippen LogP contribution in [0.3, 0.4) is 0 Å². The molecule has 0 unspecified atom stereocenters. The number of anilines is 1. The number of nitrogens with one attached hydrogen (secondary N) is 2. The van der Waals surface area contributed by atoms with E-state index in [1.54, 1.807) is 24.5 Å². The number of amides is 2. The molecule has 1 aliphatic rings. The van der Waals surface area contributed by atoms with Gasteiger partial charge in [-0.1, -0.05) is 12.1 Å². The minimum absolute atomic E-state index is 0.214. The van der Waals surface area contributed by atoms with Crippen LogP contribution in [0.4, 0.5) is 10.5 Å². The van der Waals surface area contributed by atoms with Gasteiger partial charge in [-0.05, 0) is 36.5 Å². The number of aromatic nitrogens is 2. The van der Waals surface area contributed by atoms with Crippen LogP contribution in [-0.4, -0.2) is 27.1 Å². The number of carboxylic acid groups (broad SMARTS) is 1. The number of carboxylic acids is 1. The Morgan fingerprint density at radius 3 is 2.38 bits per heavy atom. The minimum Gasteiger partial charge on any atom is -0.478 e. The first-order chi connectivity index (χ1) is 11.6. The second-order valence-electron chi connectivity index (χ2n) is 5.85. The van der Waals surface area contributed by atoms with Crippen molar-refractivity contribution in [1.29, 1.82) is 0 Å². The monoisotopic (exact) mass is 326 g/mol. The summed E-state index contributed by atoms with van der Waals surface area (Å²) in [7, 11) is 0. The summed E-state index contributed by atoms with van der Waals surface area (Å²) in [4.78, 5) is 31.1. The summed E-state index contributed by atoms with van der Waals surface area (Å²) in [6.07, 6.45) is 6.61. The summed E-state index contributed by atoms with van der Waals surface area (Å²) < 4.78 is 0. The SMILES string of the molecule is O=C(NCc1ccc(C(=O)O)cc1)Nc1cnc(CC2CC2)nc1. The zero-order valence-corrected chi connectivity index (χ0v) is 13.0. The quantitative estimate of drug-likeness (QED) is 0.756. The lowest BCUT2D eigenvalue weighted by Crippen LogP contribution is -2.28. The van der Waals surface area contributed by atoms with Gasteiger partial charge < -0.3 is 15.7 Å². The molecule has 1 aromatic carbocycles. The number of urea groups is 1. The van der Waals surface area contributed by atoms with Gasteiger partial charge in [0.25, 0.3) is 0 Å². The van der Waals surface area contributed by atoms with Gasteiger partial charge in [0.15, 0.2) is 0 Å². The first-order valence-electron chi connectivity index (χ1n) is 7.78. The summed E-state index contributed by atoms with van der Waals surface area (Å²) in [5.41, 5.74) is 1.56. The van der Waals surface area contributed by atoms with E-state index in [0.717, 1.165) is 23.7 Å². The third kappa shape index (κ3) is 4.52. The molecular weight excluding hydrogens is 308 g/mol. The van der Waals surface area contributed by atoms with E-state index < -0.39 is 5.97 Å². The van der Waals surface area contributed by atoms with Crippen molar-refractivity contribution in [2.75, 3.05) is 5.32 Å². The molecule has 0 atom stereocenters. The maximum atomic E-state index is 11.9. The molecule has 0 spiro atoms. The van der Waals surface area contributed by atoms with Gasteiger partial charge in [0.1, 0.15) is 5.82 Å². The normalized spacial score (nSPS) is 13.3. The lowest BCUT2D eigenvalue weighted by atomic mass is 10.1.